The van der Waals surface area contributed by atoms with Crippen molar-refractivity contribution in [2.24, 2.45) is 0 Å². The summed E-state index contributed by atoms with van der Waals surface area (Å²) in [5.74, 6) is -0.204. The fraction of sp³-hybridized carbons (Fsp3) is 0.294. The Bertz CT molecular complexity index is 612. The molecule has 2 rings (SSSR count). The van der Waals surface area contributed by atoms with E-state index in [2.05, 4.69) is 22.5 Å². The number of ether oxygens (including phenoxy) is 1. The van der Waals surface area contributed by atoms with Crippen LogP contribution in [0.3, 0.4) is 0 Å². The van der Waals surface area contributed by atoms with Crippen molar-refractivity contribution in [3.63, 3.8) is 0 Å². The summed E-state index contributed by atoms with van der Waals surface area (Å²) in [5, 5.41) is 6.07. The molecule has 116 valence electrons. The normalized spacial score (nSPS) is 10.3. The second-order valence-electron chi connectivity index (χ2n) is 4.82. The maximum Gasteiger partial charge on any atom is 0.274 e. The van der Waals surface area contributed by atoms with Crippen LogP contribution in [0.4, 0.5) is 11.4 Å². The number of methoxy groups -OCH3 is 1. The first-order valence-corrected chi connectivity index (χ1v) is 7.32. The van der Waals surface area contributed by atoms with Crippen LogP contribution in [0.15, 0.2) is 42.6 Å². The van der Waals surface area contributed by atoms with Crippen LogP contribution in [0.2, 0.25) is 0 Å². The summed E-state index contributed by atoms with van der Waals surface area (Å²) in [5.41, 5.74) is 3.19. The molecule has 1 aromatic carbocycles. The highest BCUT2D eigenvalue weighted by Crippen LogP contribution is 2.16. The van der Waals surface area contributed by atoms with Crippen molar-refractivity contribution >= 4 is 17.3 Å². The molecule has 22 heavy (non-hydrogen) atoms. The molecule has 1 heterocycles. The van der Waals surface area contributed by atoms with Gasteiger partial charge < -0.3 is 15.4 Å². The number of hydrogen-bond donors (Lipinski definition) is 2. The molecule has 0 aliphatic carbocycles. The smallest absolute Gasteiger partial charge is 0.274 e. The van der Waals surface area contributed by atoms with Crippen molar-refractivity contribution in [2.75, 3.05) is 30.9 Å². The molecule has 1 aromatic heterocycles. The molecule has 0 fully saturated rings. The zero-order valence-electron chi connectivity index (χ0n) is 12.9. The Balaban J connectivity index is 2.00. The molecule has 0 saturated heterocycles. The molecule has 0 radical (unpaired) electrons. The van der Waals surface area contributed by atoms with Crippen molar-refractivity contribution < 1.29 is 9.53 Å². The molecule has 5 heteroatoms. The van der Waals surface area contributed by atoms with Crippen molar-refractivity contribution in [1.82, 2.24) is 4.98 Å². The van der Waals surface area contributed by atoms with Gasteiger partial charge >= 0.3 is 0 Å². The number of pyridine rings is 1. The van der Waals surface area contributed by atoms with Gasteiger partial charge in [0, 0.05) is 19.3 Å². The summed E-state index contributed by atoms with van der Waals surface area (Å²) < 4.78 is 4.97. The monoisotopic (exact) mass is 299 g/mol. The van der Waals surface area contributed by atoms with Crippen LogP contribution in [0.25, 0.3) is 0 Å². The van der Waals surface area contributed by atoms with Crippen molar-refractivity contribution in [1.29, 1.82) is 0 Å². The van der Waals surface area contributed by atoms with Crippen LogP contribution >= 0.6 is 0 Å². The first-order valence-electron chi connectivity index (χ1n) is 7.32. The van der Waals surface area contributed by atoms with Gasteiger partial charge in [-0.05, 0) is 30.2 Å². The zero-order valence-corrected chi connectivity index (χ0v) is 12.9. The molecule has 5 nitrogen and oxygen atoms in total. The van der Waals surface area contributed by atoms with E-state index < -0.39 is 0 Å². The number of aryl methyl sites for hydroxylation is 1. The lowest BCUT2D eigenvalue weighted by Gasteiger charge is -2.10. The molecule has 0 aliphatic rings. The minimum absolute atomic E-state index is 0.204. The Morgan fingerprint density at radius 1 is 1.23 bits per heavy atom. The number of anilines is 2. The van der Waals surface area contributed by atoms with Gasteiger partial charge in [-0.2, -0.15) is 0 Å². The number of benzene rings is 1. The number of amides is 1. The van der Waals surface area contributed by atoms with Crippen LogP contribution < -0.4 is 10.6 Å². The first-order chi connectivity index (χ1) is 10.7. The molecule has 2 aromatic rings. The second-order valence-corrected chi connectivity index (χ2v) is 4.82. The molecular weight excluding hydrogens is 278 g/mol. The van der Waals surface area contributed by atoms with E-state index in [1.54, 1.807) is 19.4 Å². The third-order valence-corrected chi connectivity index (χ3v) is 3.28. The van der Waals surface area contributed by atoms with Crippen LogP contribution in [0, 0.1) is 0 Å². The SMILES string of the molecule is CCc1ccccc1NC(=O)c1ccc(NCCOC)cn1. The highest BCUT2D eigenvalue weighted by molar-refractivity contribution is 6.03. The fourth-order valence-corrected chi connectivity index (χ4v) is 2.07. The number of hydrogen-bond acceptors (Lipinski definition) is 4. The summed E-state index contributed by atoms with van der Waals surface area (Å²) in [6.45, 7) is 3.38. The average molecular weight is 299 g/mol. The van der Waals surface area contributed by atoms with Crippen molar-refractivity contribution in [3.8, 4) is 0 Å². The summed E-state index contributed by atoms with van der Waals surface area (Å²) >= 11 is 0. The van der Waals surface area contributed by atoms with Gasteiger partial charge in [0.1, 0.15) is 5.69 Å². The molecule has 2 N–H and O–H groups in total. The van der Waals surface area contributed by atoms with Gasteiger partial charge in [-0.3, -0.25) is 4.79 Å². The van der Waals surface area contributed by atoms with E-state index in [0.29, 0.717) is 18.8 Å². The first kappa shape index (κ1) is 16.0. The van der Waals surface area contributed by atoms with E-state index in [0.717, 1.165) is 23.4 Å². The molecule has 1 amide bonds. The number of aromatic nitrogens is 1. The summed E-state index contributed by atoms with van der Waals surface area (Å²) in [6, 6.07) is 11.3. The average Bonchev–Trinajstić information content (AvgIpc) is 2.56. The maximum absolute atomic E-state index is 12.2. The van der Waals surface area contributed by atoms with Gasteiger partial charge in [0.2, 0.25) is 0 Å². The van der Waals surface area contributed by atoms with Gasteiger partial charge in [0.15, 0.2) is 0 Å². The van der Waals surface area contributed by atoms with Gasteiger partial charge in [-0.15, -0.1) is 0 Å². The maximum atomic E-state index is 12.2. The fourth-order valence-electron chi connectivity index (χ4n) is 2.07. The molecule has 0 saturated carbocycles. The quantitative estimate of drug-likeness (QED) is 0.772. The summed E-state index contributed by atoms with van der Waals surface area (Å²) in [6.07, 6.45) is 2.52. The molecule has 0 unspecified atom stereocenters. The highest BCUT2D eigenvalue weighted by atomic mass is 16.5. The lowest BCUT2D eigenvalue weighted by Crippen LogP contribution is -2.15. The van der Waals surface area contributed by atoms with Crippen LogP contribution in [0.1, 0.15) is 23.0 Å². The Morgan fingerprint density at radius 2 is 2.05 bits per heavy atom. The van der Waals surface area contributed by atoms with Crippen LogP contribution in [-0.2, 0) is 11.2 Å². The molecular formula is C17H21N3O2. The number of nitrogens with one attached hydrogen (secondary N) is 2. The minimum atomic E-state index is -0.204. The van der Waals surface area contributed by atoms with Crippen molar-refractivity contribution in [2.45, 2.75) is 13.3 Å². The summed E-state index contributed by atoms with van der Waals surface area (Å²) in [7, 11) is 1.65. The minimum Gasteiger partial charge on any atom is -0.383 e. The molecule has 0 spiro atoms. The highest BCUT2D eigenvalue weighted by Gasteiger charge is 2.09. The van der Waals surface area contributed by atoms with Gasteiger partial charge in [-0.1, -0.05) is 25.1 Å². The van der Waals surface area contributed by atoms with E-state index in [1.165, 1.54) is 0 Å². The largest absolute Gasteiger partial charge is 0.383 e. The lowest BCUT2D eigenvalue weighted by atomic mass is 10.1. The van der Waals surface area contributed by atoms with Gasteiger partial charge in [0.25, 0.3) is 5.91 Å². The van der Waals surface area contributed by atoms with E-state index in [-0.39, 0.29) is 5.91 Å². The third-order valence-electron chi connectivity index (χ3n) is 3.28. The predicted molar refractivity (Wildman–Crippen MR) is 88.4 cm³/mol. The topological polar surface area (TPSA) is 63.2 Å². The second kappa shape index (κ2) is 8.14. The number of carbonyl (C=O) groups is 1. The standard InChI is InChI=1S/C17H21N3O2/c1-3-13-6-4-5-7-15(13)20-17(21)16-9-8-14(12-19-16)18-10-11-22-2/h4-9,12,18H,3,10-11H2,1-2H3,(H,20,21). The molecule has 0 bridgehead atoms. The van der Waals surface area contributed by atoms with Gasteiger partial charge in [-0.25, -0.2) is 4.98 Å². The molecule has 0 atom stereocenters. The Labute approximate surface area is 130 Å². The summed E-state index contributed by atoms with van der Waals surface area (Å²) in [4.78, 5) is 16.4. The third kappa shape index (κ3) is 4.30. The lowest BCUT2D eigenvalue weighted by molar-refractivity contribution is 0.102. The molecule has 0 aliphatic heterocycles. The Morgan fingerprint density at radius 3 is 2.73 bits per heavy atom. The van der Waals surface area contributed by atoms with Gasteiger partial charge in [0.05, 0.1) is 18.5 Å². The Hall–Kier alpha value is -2.40. The zero-order chi connectivity index (χ0) is 15.8. The number of para-hydroxylation sites is 1. The van der Waals surface area contributed by atoms with E-state index >= 15 is 0 Å². The van der Waals surface area contributed by atoms with Crippen LogP contribution in [0.5, 0.6) is 0 Å². The van der Waals surface area contributed by atoms with E-state index in [9.17, 15) is 4.79 Å². The number of nitrogens with zero attached hydrogens (tertiary/aromatic N) is 1. The van der Waals surface area contributed by atoms with Crippen molar-refractivity contribution in [3.05, 3.63) is 53.9 Å². The number of carbonyl (C=O) groups excluding carboxylic acids is 1. The van der Waals surface area contributed by atoms with Crippen LogP contribution in [-0.4, -0.2) is 31.2 Å². The van der Waals surface area contributed by atoms with E-state index in [4.69, 9.17) is 4.74 Å². The number of rotatable bonds is 7. The Kier molecular flexibility index (Phi) is 5.91. The van der Waals surface area contributed by atoms with E-state index in [1.807, 2.05) is 30.3 Å². The predicted octanol–water partition coefficient (Wildman–Crippen LogP) is 2.95.